The number of hydrazone groups is 1. The van der Waals surface area contributed by atoms with Crippen LogP contribution >= 0.6 is 11.3 Å². The summed E-state index contributed by atoms with van der Waals surface area (Å²) < 4.78 is 4.85. The fraction of sp³-hybridized carbons (Fsp3) is 0.111. The maximum Gasteiger partial charge on any atom is 0.376 e. The summed E-state index contributed by atoms with van der Waals surface area (Å²) in [4.78, 5) is 19.4. The molecule has 2 aromatic rings. The summed E-state index contributed by atoms with van der Waals surface area (Å²) in [6.45, 7) is 0.208. The number of nitriles is 1. The SMILES string of the molecule is COC(=O)C1=NN(c2ccccc2)C2=NC(c3cccs3)=C(C#N)CN12. The molecule has 1 aromatic heterocycles. The van der Waals surface area contributed by atoms with Gasteiger partial charge in [-0.25, -0.2) is 9.79 Å². The van der Waals surface area contributed by atoms with Gasteiger partial charge in [0.2, 0.25) is 11.8 Å². The molecule has 0 amide bonds. The summed E-state index contributed by atoms with van der Waals surface area (Å²) in [5.74, 6) is 0.0000715. The van der Waals surface area contributed by atoms with Gasteiger partial charge in [0.05, 0.1) is 41.6 Å². The summed E-state index contributed by atoms with van der Waals surface area (Å²) in [7, 11) is 1.30. The van der Waals surface area contributed by atoms with Gasteiger partial charge in [0.15, 0.2) is 0 Å². The van der Waals surface area contributed by atoms with Crippen molar-refractivity contribution in [3.63, 3.8) is 0 Å². The lowest BCUT2D eigenvalue weighted by Gasteiger charge is -2.26. The number of nitrogens with zero attached hydrogens (tertiary/aromatic N) is 5. The maximum atomic E-state index is 12.2. The van der Waals surface area contributed by atoms with E-state index in [0.717, 1.165) is 10.6 Å². The number of hydrogen-bond donors (Lipinski definition) is 0. The average molecular weight is 363 g/mol. The number of hydrogen-bond acceptors (Lipinski definition) is 8. The molecule has 0 N–H and O–H groups in total. The summed E-state index contributed by atoms with van der Waals surface area (Å²) in [5, 5.41) is 17.5. The minimum absolute atomic E-state index is 0.105. The minimum Gasteiger partial charge on any atom is -0.463 e. The number of methoxy groups -OCH3 is 1. The summed E-state index contributed by atoms with van der Waals surface area (Å²) in [5.41, 5.74) is 1.85. The molecule has 8 heteroatoms. The minimum atomic E-state index is -0.576. The van der Waals surface area contributed by atoms with Crippen LogP contribution in [0.3, 0.4) is 0 Å². The lowest BCUT2D eigenvalue weighted by atomic mass is 10.1. The van der Waals surface area contributed by atoms with Gasteiger partial charge in [-0.15, -0.1) is 16.4 Å². The van der Waals surface area contributed by atoms with Crippen LogP contribution in [0.15, 0.2) is 63.5 Å². The second kappa shape index (κ2) is 6.46. The smallest absolute Gasteiger partial charge is 0.376 e. The maximum absolute atomic E-state index is 12.2. The van der Waals surface area contributed by atoms with Crippen LogP contribution in [0.2, 0.25) is 0 Å². The molecule has 0 radical (unpaired) electrons. The molecule has 1 aromatic carbocycles. The van der Waals surface area contributed by atoms with Gasteiger partial charge < -0.3 is 4.74 Å². The molecule has 3 heterocycles. The fourth-order valence-electron chi connectivity index (χ4n) is 2.75. The van der Waals surface area contributed by atoms with Crippen LogP contribution in [0, 0.1) is 11.3 Å². The second-order valence-corrected chi connectivity index (χ2v) is 6.42. The van der Waals surface area contributed by atoms with Gasteiger partial charge in [0, 0.05) is 0 Å². The molecule has 0 saturated heterocycles. The molecule has 4 rings (SSSR count). The number of para-hydroxylation sites is 1. The van der Waals surface area contributed by atoms with E-state index in [9.17, 15) is 10.1 Å². The van der Waals surface area contributed by atoms with Crippen LogP contribution in [-0.4, -0.2) is 36.3 Å². The molecule has 128 valence electrons. The van der Waals surface area contributed by atoms with Gasteiger partial charge in [-0.3, -0.25) is 4.90 Å². The first kappa shape index (κ1) is 16.1. The topological polar surface area (TPSA) is 81.3 Å². The van der Waals surface area contributed by atoms with Gasteiger partial charge in [0.25, 0.3) is 0 Å². The first-order chi connectivity index (χ1) is 12.7. The Hall–Kier alpha value is -3.44. The Kier molecular flexibility index (Phi) is 3.99. The Balaban J connectivity index is 1.85. The van der Waals surface area contributed by atoms with Crippen molar-refractivity contribution in [2.45, 2.75) is 0 Å². The van der Waals surface area contributed by atoms with E-state index in [1.165, 1.54) is 18.4 Å². The number of thiophene rings is 1. The lowest BCUT2D eigenvalue weighted by Crippen LogP contribution is -2.43. The van der Waals surface area contributed by atoms with Crippen molar-refractivity contribution in [3.8, 4) is 6.07 Å². The highest BCUT2D eigenvalue weighted by molar-refractivity contribution is 7.11. The molecule has 0 saturated carbocycles. The number of ether oxygens (including phenoxy) is 1. The number of benzene rings is 1. The van der Waals surface area contributed by atoms with Crippen molar-refractivity contribution >= 4 is 40.5 Å². The van der Waals surface area contributed by atoms with Crippen LogP contribution in [0.1, 0.15) is 4.88 Å². The number of aliphatic imine (C=N–C) groups is 1. The van der Waals surface area contributed by atoms with Crippen LogP contribution in [0.4, 0.5) is 5.69 Å². The number of esters is 1. The largest absolute Gasteiger partial charge is 0.463 e. The molecule has 0 unspecified atom stereocenters. The predicted molar refractivity (Wildman–Crippen MR) is 99.4 cm³/mol. The van der Waals surface area contributed by atoms with Gasteiger partial charge in [-0.1, -0.05) is 24.3 Å². The van der Waals surface area contributed by atoms with Crippen molar-refractivity contribution in [2.75, 3.05) is 18.7 Å². The molecule has 0 aliphatic carbocycles. The molecule has 0 bridgehead atoms. The van der Waals surface area contributed by atoms with Crippen molar-refractivity contribution in [1.82, 2.24) is 4.90 Å². The monoisotopic (exact) mass is 363 g/mol. The molecule has 2 aliphatic rings. The number of amidine groups is 1. The summed E-state index contributed by atoms with van der Waals surface area (Å²) in [6.07, 6.45) is 0. The van der Waals surface area contributed by atoms with E-state index in [1.54, 1.807) is 9.91 Å². The quantitative estimate of drug-likeness (QED) is 0.783. The van der Waals surface area contributed by atoms with Gasteiger partial charge in [-0.05, 0) is 23.6 Å². The zero-order chi connectivity index (χ0) is 18.1. The normalized spacial score (nSPS) is 16.0. The first-order valence-electron chi connectivity index (χ1n) is 7.78. The lowest BCUT2D eigenvalue weighted by molar-refractivity contribution is -0.133. The van der Waals surface area contributed by atoms with Gasteiger partial charge >= 0.3 is 5.97 Å². The zero-order valence-electron chi connectivity index (χ0n) is 13.8. The third kappa shape index (κ3) is 2.55. The molecule has 0 fully saturated rings. The molecule has 0 atom stereocenters. The Bertz CT molecular complexity index is 986. The van der Waals surface area contributed by atoms with Crippen molar-refractivity contribution in [3.05, 3.63) is 58.3 Å². The van der Waals surface area contributed by atoms with E-state index >= 15 is 0 Å². The van der Waals surface area contributed by atoms with Crippen molar-refractivity contribution in [2.24, 2.45) is 10.1 Å². The highest BCUT2D eigenvalue weighted by Gasteiger charge is 2.40. The number of guanidine groups is 1. The van der Waals surface area contributed by atoms with E-state index < -0.39 is 5.97 Å². The molecular formula is C18H13N5O2S. The van der Waals surface area contributed by atoms with Crippen LogP contribution in [0.25, 0.3) is 5.70 Å². The van der Waals surface area contributed by atoms with E-state index in [2.05, 4.69) is 16.2 Å². The van der Waals surface area contributed by atoms with E-state index in [-0.39, 0.29) is 12.4 Å². The fourth-order valence-corrected chi connectivity index (χ4v) is 3.49. The van der Waals surface area contributed by atoms with Crippen molar-refractivity contribution in [1.29, 1.82) is 5.26 Å². The van der Waals surface area contributed by atoms with Gasteiger partial charge in [0.1, 0.15) is 0 Å². The van der Waals surface area contributed by atoms with Crippen LogP contribution in [0.5, 0.6) is 0 Å². The predicted octanol–water partition coefficient (Wildman–Crippen LogP) is 2.66. The Labute approximate surface area is 153 Å². The zero-order valence-corrected chi connectivity index (χ0v) is 14.6. The third-order valence-electron chi connectivity index (χ3n) is 3.95. The summed E-state index contributed by atoms with van der Waals surface area (Å²) >= 11 is 1.51. The Morgan fingerprint density at radius 2 is 2.08 bits per heavy atom. The van der Waals surface area contributed by atoms with E-state index in [4.69, 9.17) is 4.74 Å². The number of carbonyl (C=O) groups is 1. The van der Waals surface area contributed by atoms with Crippen LogP contribution in [-0.2, 0) is 9.53 Å². The highest BCUT2D eigenvalue weighted by Crippen LogP contribution is 2.33. The average Bonchev–Trinajstić information content (AvgIpc) is 3.34. The number of fused-ring (bicyclic) bond motifs is 1. The first-order valence-corrected chi connectivity index (χ1v) is 8.66. The Morgan fingerprint density at radius 1 is 1.27 bits per heavy atom. The molecule has 26 heavy (non-hydrogen) atoms. The molecular weight excluding hydrogens is 350 g/mol. The van der Waals surface area contributed by atoms with E-state index in [0.29, 0.717) is 17.2 Å². The van der Waals surface area contributed by atoms with E-state index in [1.807, 2.05) is 47.8 Å². The third-order valence-corrected chi connectivity index (χ3v) is 4.83. The highest BCUT2D eigenvalue weighted by atomic mass is 32.1. The number of carbonyl (C=O) groups excluding carboxylic acids is 1. The number of rotatable bonds is 3. The molecule has 7 nitrogen and oxygen atoms in total. The van der Waals surface area contributed by atoms with Crippen LogP contribution < -0.4 is 5.01 Å². The molecule has 2 aliphatic heterocycles. The summed E-state index contributed by atoms with van der Waals surface area (Å²) in [6, 6.07) is 15.4. The number of anilines is 1. The van der Waals surface area contributed by atoms with Gasteiger partial charge in [-0.2, -0.15) is 10.3 Å². The second-order valence-electron chi connectivity index (χ2n) is 5.48. The van der Waals surface area contributed by atoms with Crippen molar-refractivity contribution < 1.29 is 9.53 Å². The Morgan fingerprint density at radius 3 is 2.73 bits per heavy atom. The molecule has 0 spiro atoms. The standard InChI is InChI=1S/C18H13N5O2S/c1-25-17(24)16-21-23(13-6-3-2-4-7-13)18-20-15(14-8-5-9-26-14)12(10-19)11-22(16)18/h2-9H,11H2,1H3.